The first-order valence-corrected chi connectivity index (χ1v) is 8.21. The maximum atomic E-state index is 9.04. The predicted molar refractivity (Wildman–Crippen MR) is 89.4 cm³/mol. The molecule has 0 bridgehead atoms. The van der Waals surface area contributed by atoms with Gasteiger partial charge in [0.2, 0.25) is 0 Å². The number of rotatable bonds is 6. The lowest BCUT2D eigenvalue weighted by Crippen LogP contribution is -2.29. The molecule has 1 unspecified atom stereocenters. The fourth-order valence-electron chi connectivity index (χ4n) is 3.39. The lowest BCUT2D eigenvalue weighted by molar-refractivity contribution is 0.210. The summed E-state index contributed by atoms with van der Waals surface area (Å²) in [5.74, 6) is 0. The van der Waals surface area contributed by atoms with Gasteiger partial charge in [0.25, 0.3) is 0 Å². The number of aliphatic hydroxyl groups is 1. The van der Waals surface area contributed by atoms with Crippen LogP contribution in [0, 0.1) is 0 Å². The van der Waals surface area contributed by atoms with Gasteiger partial charge in [0.05, 0.1) is 0 Å². The van der Waals surface area contributed by atoms with Crippen LogP contribution in [0.2, 0.25) is 0 Å². The Hall–Kier alpha value is -1.71. The second kappa shape index (κ2) is 7.52. The van der Waals surface area contributed by atoms with Gasteiger partial charge in [0, 0.05) is 31.6 Å². The molecule has 3 heteroatoms. The third-order valence-electron chi connectivity index (χ3n) is 4.52. The number of hydrogen-bond acceptors (Lipinski definition) is 3. The molecule has 0 saturated carbocycles. The van der Waals surface area contributed by atoms with Crippen molar-refractivity contribution in [2.75, 3.05) is 13.2 Å². The Balaban J connectivity index is 1.70. The summed E-state index contributed by atoms with van der Waals surface area (Å²) in [6.45, 7) is 2.49. The first-order chi connectivity index (χ1) is 10.9. The van der Waals surface area contributed by atoms with E-state index in [1.807, 2.05) is 12.4 Å². The summed E-state index contributed by atoms with van der Waals surface area (Å²) in [7, 11) is 0. The van der Waals surface area contributed by atoms with Crippen molar-refractivity contribution in [2.24, 2.45) is 0 Å². The summed E-state index contributed by atoms with van der Waals surface area (Å²) in [6, 6.07) is 13.5. The van der Waals surface area contributed by atoms with Crippen LogP contribution in [0.4, 0.5) is 0 Å². The standard InChI is InChI=1S/C19H24N2O/c22-13-3-7-19-6-2-12-21(19)15-16-4-1-5-18(14-16)17-8-10-20-11-9-17/h1,4-5,8-11,14,19,22H,2-3,6-7,12-13,15H2. The number of hydrogen-bond donors (Lipinski definition) is 1. The predicted octanol–water partition coefficient (Wildman–Crippen LogP) is 3.49. The molecule has 2 heterocycles. The minimum absolute atomic E-state index is 0.307. The van der Waals surface area contributed by atoms with Gasteiger partial charge in [-0.1, -0.05) is 18.2 Å². The van der Waals surface area contributed by atoms with Crippen molar-refractivity contribution >= 4 is 0 Å². The van der Waals surface area contributed by atoms with Crippen LogP contribution in [0.5, 0.6) is 0 Å². The second-order valence-corrected chi connectivity index (χ2v) is 6.07. The van der Waals surface area contributed by atoms with Gasteiger partial charge in [0.15, 0.2) is 0 Å². The van der Waals surface area contributed by atoms with Crippen molar-refractivity contribution in [3.05, 3.63) is 54.4 Å². The van der Waals surface area contributed by atoms with Crippen LogP contribution in [0.15, 0.2) is 48.8 Å². The molecule has 1 saturated heterocycles. The molecule has 116 valence electrons. The van der Waals surface area contributed by atoms with Crippen LogP contribution in [0.25, 0.3) is 11.1 Å². The second-order valence-electron chi connectivity index (χ2n) is 6.07. The highest BCUT2D eigenvalue weighted by Crippen LogP contribution is 2.25. The Morgan fingerprint density at radius 2 is 2.00 bits per heavy atom. The van der Waals surface area contributed by atoms with E-state index in [1.165, 1.54) is 36.1 Å². The van der Waals surface area contributed by atoms with Crippen LogP contribution in [0.3, 0.4) is 0 Å². The molecule has 1 fully saturated rings. The monoisotopic (exact) mass is 296 g/mol. The van der Waals surface area contributed by atoms with Gasteiger partial charge in [-0.2, -0.15) is 0 Å². The molecule has 0 radical (unpaired) electrons. The van der Waals surface area contributed by atoms with Crippen LogP contribution in [-0.2, 0) is 6.54 Å². The number of aromatic nitrogens is 1. The van der Waals surface area contributed by atoms with Crippen LogP contribution in [0.1, 0.15) is 31.2 Å². The SMILES string of the molecule is OCCCC1CCCN1Cc1cccc(-c2ccncc2)c1. The van der Waals surface area contributed by atoms with Gasteiger partial charge in [-0.3, -0.25) is 9.88 Å². The van der Waals surface area contributed by atoms with Gasteiger partial charge in [0.1, 0.15) is 0 Å². The zero-order valence-electron chi connectivity index (χ0n) is 13.0. The number of pyridine rings is 1. The molecule has 3 rings (SSSR count). The van der Waals surface area contributed by atoms with E-state index in [0.29, 0.717) is 12.6 Å². The fourth-order valence-corrected chi connectivity index (χ4v) is 3.39. The maximum Gasteiger partial charge on any atom is 0.0431 e. The van der Waals surface area contributed by atoms with Crippen molar-refractivity contribution in [1.29, 1.82) is 0 Å². The molecule has 3 nitrogen and oxygen atoms in total. The highest BCUT2D eigenvalue weighted by Gasteiger charge is 2.23. The lowest BCUT2D eigenvalue weighted by atomic mass is 10.0. The first-order valence-electron chi connectivity index (χ1n) is 8.21. The zero-order valence-corrected chi connectivity index (χ0v) is 13.0. The molecule has 2 aromatic rings. The summed E-state index contributed by atoms with van der Waals surface area (Å²) in [5, 5.41) is 9.04. The van der Waals surface area contributed by atoms with Gasteiger partial charge in [-0.05, 0) is 67.1 Å². The quantitative estimate of drug-likeness (QED) is 0.886. The van der Waals surface area contributed by atoms with Gasteiger partial charge in [-0.15, -0.1) is 0 Å². The number of likely N-dealkylation sites (tertiary alicyclic amines) is 1. The van der Waals surface area contributed by atoms with E-state index in [-0.39, 0.29) is 0 Å². The molecule has 22 heavy (non-hydrogen) atoms. The molecule has 1 aromatic carbocycles. The first kappa shape index (κ1) is 15.2. The Labute approximate surface area is 132 Å². The van der Waals surface area contributed by atoms with E-state index in [1.54, 1.807) is 0 Å². The molecular formula is C19H24N2O. The van der Waals surface area contributed by atoms with E-state index in [9.17, 15) is 0 Å². The summed E-state index contributed by atoms with van der Waals surface area (Å²) >= 11 is 0. The molecule has 0 spiro atoms. The molecule has 1 aliphatic heterocycles. The van der Waals surface area contributed by atoms with Crippen molar-refractivity contribution in [3.63, 3.8) is 0 Å². The smallest absolute Gasteiger partial charge is 0.0431 e. The van der Waals surface area contributed by atoms with Gasteiger partial charge in [-0.25, -0.2) is 0 Å². The molecule has 1 atom stereocenters. The van der Waals surface area contributed by atoms with E-state index in [4.69, 9.17) is 5.11 Å². The van der Waals surface area contributed by atoms with Gasteiger partial charge >= 0.3 is 0 Å². The van der Waals surface area contributed by atoms with Crippen LogP contribution >= 0.6 is 0 Å². The molecule has 1 aliphatic rings. The van der Waals surface area contributed by atoms with Crippen molar-refractivity contribution in [3.8, 4) is 11.1 Å². The zero-order chi connectivity index (χ0) is 15.2. The Bertz CT molecular complexity index is 585. The minimum atomic E-state index is 0.307. The number of aliphatic hydroxyl groups excluding tert-OH is 1. The average molecular weight is 296 g/mol. The average Bonchev–Trinajstić information content (AvgIpc) is 3.01. The highest BCUT2D eigenvalue weighted by atomic mass is 16.2. The summed E-state index contributed by atoms with van der Waals surface area (Å²) in [5.41, 5.74) is 3.84. The topological polar surface area (TPSA) is 36.4 Å². The molecular weight excluding hydrogens is 272 g/mol. The van der Waals surface area contributed by atoms with Crippen LogP contribution < -0.4 is 0 Å². The minimum Gasteiger partial charge on any atom is -0.396 e. The number of benzene rings is 1. The number of nitrogens with zero attached hydrogens (tertiary/aromatic N) is 2. The maximum absolute atomic E-state index is 9.04. The molecule has 1 aromatic heterocycles. The molecule has 0 amide bonds. The van der Waals surface area contributed by atoms with E-state index >= 15 is 0 Å². The van der Waals surface area contributed by atoms with Crippen molar-refractivity contribution in [1.82, 2.24) is 9.88 Å². The third kappa shape index (κ3) is 3.73. The molecule has 0 aliphatic carbocycles. The third-order valence-corrected chi connectivity index (χ3v) is 4.52. The van der Waals surface area contributed by atoms with Gasteiger partial charge < -0.3 is 5.11 Å². The largest absolute Gasteiger partial charge is 0.396 e. The normalized spacial score (nSPS) is 18.7. The Morgan fingerprint density at radius 3 is 2.82 bits per heavy atom. The fraction of sp³-hybridized carbons (Fsp3) is 0.421. The summed E-state index contributed by atoms with van der Waals surface area (Å²) in [6.07, 6.45) is 8.25. The highest BCUT2D eigenvalue weighted by molar-refractivity contribution is 5.63. The van der Waals surface area contributed by atoms with Crippen molar-refractivity contribution in [2.45, 2.75) is 38.3 Å². The van der Waals surface area contributed by atoms with E-state index in [2.05, 4.69) is 46.3 Å². The summed E-state index contributed by atoms with van der Waals surface area (Å²) < 4.78 is 0. The summed E-state index contributed by atoms with van der Waals surface area (Å²) in [4.78, 5) is 6.66. The van der Waals surface area contributed by atoms with E-state index < -0.39 is 0 Å². The van der Waals surface area contributed by atoms with E-state index in [0.717, 1.165) is 19.4 Å². The lowest BCUT2D eigenvalue weighted by Gasteiger charge is -2.24. The Morgan fingerprint density at radius 1 is 1.14 bits per heavy atom. The Kier molecular flexibility index (Phi) is 5.20. The van der Waals surface area contributed by atoms with Crippen LogP contribution in [-0.4, -0.2) is 34.2 Å². The van der Waals surface area contributed by atoms with Crippen molar-refractivity contribution < 1.29 is 5.11 Å². The molecule has 1 N–H and O–H groups in total.